The van der Waals surface area contributed by atoms with E-state index in [0.29, 0.717) is 17.1 Å². The van der Waals surface area contributed by atoms with Crippen molar-refractivity contribution in [2.45, 2.75) is 39.3 Å². The van der Waals surface area contributed by atoms with Crippen LogP contribution in [0, 0.1) is 22.7 Å². The summed E-state index contributed by atoms with van der Waals surface area (Å²) in [5.41, 5.74) is 6.06. The molecule has 0 aliphatic carbocycles. The maximum atomic E-state index is 9.74. The molecule has 53 heavy (non-hydrogen) atoms. The first-order valence-electron chi connectivity index (χ1n) is 17.7. The predicted molar refractivity (Wildman–Crippen MR) is 220 cm³/mol. The summed E-state index contributed by atoms with van der Waals surface area (Å²) in [6.45, 7) is 14.1. The van der Waals surface area contributed by atoms with Crippen molar-refractivity contribution >= 4 is 38.0 Å². The van der Waals surface area contributed by atoms with Crippen LogP contribution in [0.15, 0.2) is 153 Å². The topological polar surface area (TPSA) is 83.1 Å². The Morgan fingerprint density at radius 1 is 0.415 bits per heavy atom. The molecule has 0 saturated heterocycles. The van der Waals surface area contributed by atoms with E-state index in [2.05, 4.69) is 87.8 Å². The van der Waals surface area contributed by atoms with Crippen LogP contribution in [-0.4, -0.2) is 16.1 Å². The molecule has 7 heteroatoms. The van der Waals surface area contributed by atoms with Gasteiger partial charge in [-0.1, -0.05) is 147 Å². The summed E-state index contributed by atoms with van der Waals surface area (Å²) < 4.78 is 19.0. The zero-order valence-electron chi connectivity index (χ0n) is 30.8. The average molecular weight is 725 g/mol. The lowest BCUT2D eigenvalue weighted by Crippen LogP contribution is -2.37. The van der Waals surface area contributed by atoms with Crippen molar-refractivity contribution in [1.29, 1.82) is 10.5 Å². The smallest absolute Gasteiger partial charge is 0.137 e. The highest BCUT2D eigenvalue weighted by atomic mass is 28.3. The van der Waals surface area contributed by atoms with Gasteiger partial charge in [-0.2, -0.15) is 10.5 Å². The lowest BCUT2D eigenvalue weighted by atomic mass is 10.00. The molecular formula is C46H40N2O3Si2. The quantitative estimate of drug-likeness (QED) is 0.115. The van der Waals surface area contributed by atoms with Gasteiger partial charge in [-0.05, 0) is 36.4 Å². The number of benzene rings is 4. The molecule has 1 aliphatic rings. The van der Waals surface area contributed by atoms with Gasteiger partial charge in [0.2, 0.25) is 0 Å². The summed E-state index contributed by atoms with van der Waals surface area (Å²) in [6.07, 6.45) is 3.48. The van der Waals surface area contributed by atoms with Gasteiger partial charge in [0.1, 0.15) is 52.3 Å². The summed E-state index contributed by atoms with van der Waals surface area (Å²) >= 11 is 0. The van der Waals surface area contributed by atoms with Crippen LogP contribution in [0.25, 0.3) is 56.8 Å². The van der Waals surface area contributed by atoms with Crippen LogP contribution < -0.4 is 10.4 Å². The summed E-state index contributed by atoms with van der Waals surface area (Å²) in [4.78, 5) is 0. The lowest BCUT2D eigenvalue weighted by Gasteiger charge is -2.19. The van der Waals surface area contributed by atoms with Crippen molar-refractivity contribution in [3.8, 4) is 57.4 Å². The second-order valence-corrected chi connectivity index (χ2v) is 25.5. The average Bonchev–Trinajstić information content (AvgIpc) is 3.87. The molecule has 0 amide bonds. The van der Waals surface area contributed by atoms with Gasteiger partial charge in [0.15, 0.2) is 0 Å². The maximum absolute atomic E-state index is 9.74. The Hall–Kier alpha value is -6.13. The van der Waals surface area contributed by atoms with Gasteiger partial charge in [0.05, 0.1) is 16.1 Å². The van der Waals surface area contributed by atoms with E-state index in [1.807, 2.05) is 84.9 Å². The standard InChI is InChI=1S/C46H40N2O3Si2/c1-52(2,3)39-19-15-33(16-20-39)43-25-23-41(49-43)31-7-11-35(12-8-31)45-27-37(38(29-47)30-48)28-46(51-45)36-13-9-32(10-14-36)42-24-26-44(50-42)34-17-21-40(22-18-34)53(4,5)6/h7-28H,1-6H3. The minimum Gasteiger partial charge on any atom is -0.456 e. The number of allylic oxidation sites excluding steroid dienone is 4. The first-order chi connectivity index (χ1) is 25.4. The fraction of sp³-hybridized carbons (Fsp3) is 0.130. The highest BCUT2D eigenvalue weighted by molar-refractivity contribution is 6.89. The molecule has 0 bridgehead atoms. The van der Waals surface area contributed by atoms with E-state index in [1.165, 1.54) is 10.4 Å². The van der Waals surface area contributed by atoms with Crippen molar-refractivity contribution in [2.24, 2.45) is 0 Å². The lowest BCUT2D eigenvalue weighted by molar-refractivity contribution is 0.467. The summed E-state index contributed by atoms with van der Waals surface area (Å²) in [5, 5.41) is 22.3. The van der Waals surface area contributed by atoms with E-state index in [0.717, 1.165) is 56.4 Å². The Morgan fingerprint density at radius 3 is 0.981 bits per heavy atom. The van der Waals surface area contributed by atoms with Crippen LogP contribution >= 0.6 is 0 Å². The van der Waals surface area contributed by atoms with Gasteiger partial charge < -0.3 is 13.6 Å². The predicted octanol–water partition coefficient (Wildman–Crippen LogP) is 11.4. The number of rotatable bonds is 8. The van der Waals surface area contributed by atoms with Crippen LogP contribution in [-0.2, 0) is 4.74 Å². The second-order valence-electron chi connectivity index (χ2n) is 15.3. The minimum atomic E-state index is -1.38. The van der Waals surface area contributed by atoms with Crippen LogP contribution in [0.4, 0.5) is 0 Å². The first-order valence-corrected chi connectivity index (χ1v) is 24.7. The minimum absolute atomic E-state index is 0.0125. The zero-order chi connectivity index (χ0) is 37.3. The third-order valence-electron chi connectivity index (χ3n) is 9.50. The molecule has 0 N–H and O–H groups in total. The molecule has 0 fully saturated rings. The fourth-order valence-electron chi connectivity index (χ4n) is 6.25. The molecule has 3 heterocycles. The van der Waals surface area contributed by atoms with Crippen LogP contribution in [0.5, 0.6) is 0 Å². The third-order valence-corrected chi connectivity index (χ3v) is 13.6. The molecule has 0 saturated carbocycles. The molecule has 7 rings (SSSR count). The second kappa shape index (κ2) is 14.1. The normalized spacial score (nSPS) is 13.0. The van der Waals surface area contributed by atoms with Gasteiger partial charge in [0, 0.05) is 39.0 Å². The van der Waals surface area contributed by atoms with Crippen molar-refractivity contribution in [3.63, 3.8) is 0 Å². The molecule has 4 aromatic carbocycles. The number of nitrogens with zero attached hydrogens (tertiary/aromatic N) is 2. The Kier molecular flexibility index (Phi) is 9.40. The molecule has 5 nitrogen and oxygen atoms in total. The maximum Gasteiger partial charge on any atom is 0.137 e. The van der Waals surface area contributed by atoms with Crippen molar-refractivity contribution < 1.29 is 13.6 Å². The number of ether oxygens (including phenoxy) is 1. The Morgan fingerprint density at radius 2 is 0.698 bits per heavy atom. The van der Waals surface area contributed by atoms with Crippen LogP contribution in [0.2, 0.25) is 39.3 Å². The third kappa shape index (κ3) is 7.59. The fourth-order valence-corrected chi connectivity index (χ4v) is 8.58. The monoisotopic (exact) mass is 724 g/mol. The molecule has 260 valence electrons. The summed E-state index contributed by atoms with van der Waals surface area (Å²) in [6, 6.07) is 45.2. The van der Waals surface area contributed by atoms with Crippen LogP contribution in [0.1, 0.15) is 11.1 Å². The van der Waals surface area contributed by atoms with Gasteiger partial charge in [-0.15, -0.1) is 0 Å². The Balaban J connectivity index is 1.10. The molecule has 6 aromatic rings. The van der Waals surface area contributed by atoms with Gasteiger partial charge in [0.25, 0.3) is 0 Å². The number of furan rings is 2. The van der Waals surface area contributed by atoms with Gasteiger partial charge >= 0.3 is 0 Å². The molecule has 0 atom stereocenters. The molecule has 2 aromatic heterocycles. The van der Waals surface area contributed by atoms with Crippen molar-refractivity contribution in [1.82, 2.24) is 0 Å². The van der Waals surface area contributed by atoms with Crippen LogP contribution in [0.3, 0.4) is 0 Å². The van der Waals surface area contributed by atoms with Gasteiger partial charge in [-0.25, -0.2) is 0 Å². The molecule has 0 unspecified atom stereocenters. The largest absolute Gasteiger partial charge is 0.456 e. The van der Waals surface area contributed by atoms with Gasteiger partial charge in [-0.3, -0.25) is 0 Å². The zero-order valence-corrected chi connectivity index (χ0v) is 32.8. The van der Waals surface area contributed by atoms with Crippen molar-refractivity contribution in [3.05, 3.63) is 156 Å². The highest BCUT2D eigenvalue weighted by Gasteiger charge is 2.20. The van der Waals surface area contributed by atoms with E-state index in [-0.39, 0.29) is 5.57 Å². The Labute approximate surface area is 313 Å². The highest BCUT2D eigenvalue weighted by Crippen LogP contribution is 2.36. The molecular weight excluding hydrogens is 685 g/mol. The van der Waals surface area contributed by atoms with Crippen molar-refractivity contribution in [2.75, 3.05) is 0 Å². The van der Waals surface area contributed by atoms with E-state index in [9.17, 15) is 10.5 Å². The SMILES string of the molecule is C[Si](C)(C)c1ccc(-c2ccc(-c3ccc(C4=CC(=C(C#N)C#N)C=C(c5ccc(-c6ccc(-c7ccc([Si](C)(C)C)cc7)o6)cc5)O4)cc3)o2)cc1. The first kappa shape index (κ1) is 35.3. The number of nitriles is 2. The van der Waals surface area contributed by atoms with E-state index in [4.69, 9.17) is 13.6 Å². The summed E-state index contributed by atoms with van der Waals surface area (Å²) in [7, 11) is -2.76. The number of hydrogen-bond acceptors (Lipinski definition) is 5. The van der Waals surface area contributed by atoms with E-state index < -0.39 is 16.1 Å². The Bertz CT molecular complexity index is 2300. The molecule has 1 aliphatic heterocycles. The van der Waals surface area contributed by atoms with E-state index >= 15 is 0 Å². The summed E-state index contributed by atoms with van der Waals surface area (Å²) in [5.74, 6) is 4.24. The molecule has 0 spiro atoms. The number of hydrogen-bond donors (Lipinski definition) is 0. The molecule has 0 radical (unpaired) electrons. The van der Waals surface area contributed by atoms with E-state index in [1.54, 1.807) is 12.2 Å².